The zero-order valence-corrected chi connectivity index (χ0v) is 30.3. The quantitative estimate of drug-likeness (QED) is 0.185. The first-order valence-electron chi connectivity index (χ1n) is 18.8. The highest BCUT2D eigenvalue weighted by Crippen LogP contribution is 2.47. The predicted octanol–water partition coefficient (Wildman–Crippen LogP) is 12.2. The Bertz CT molecular complexity index is 3040. The van der Waals surface area contributed by atoms with E-state index in [-0.39, 0.29) is 12.1 Å². The summed E-state index contributed by atoms with van der Waals surface area (Å²) in [6, 6.07) is 60.7. The lowest BCUT2D eigenvalue weighted by Gasteiger charge is -2.36. The van der Waals surface area contributed by atoms with Crippen molar-refractivity contribution in [1.82, 2.24) is 9.13 Å². The summed E-state index contributed by atoms with van der Waals surface area (Å²) in [5.74, 6) is 0.575. The molecular formula is C49H38N3S+. The van der Waals surface area contributed by atoms with Gasteiger partial charge in [0.2, 0.25) is 0 Å². The summed E-state index contributed by atoms with van der Waals surface area (Å²) in [5, 5.41) is 10.5. The molecule has 53 heavy (non-hydrogen) atoms. The molecule has 2 N–H and O–H groups in total. The Balaban J connectivity index is 1.20. The van der Waals surface area contributed by atoms with E-state index < -0.39 is 0 Å². The molecule has 1 aliphatic heterocycles. The Labute approximate surface area is 312 Å². The molecule has 0 amide bonds. The number of aromatic nitrogens is 2. The van der Waals surface area contributed by atoms with E-state index in [1.54, 1.807) is 0 Å². The van der Waals surface area contributed by atoms with E-state index in [1.807, 2.05) is 11.3 Å². The number of allylic oxidation sites excluding steroid dienone is 1. The van der Waals surface area contributed by atoms with Crippen LogP contribution < -0.4 is 5.32 Å². The van der Waals surface area contributed by atoms with Crippen molar-refractivity contribution in [3.05, 3.63) is 181 Å². The van der Waals surface area contributed by atoms with E-state index in [1.165, 1.54) is 86.3 Å². The number of nitrogens with two attached hydrogens (primary N) is 1. The number of nitrogens with zero attached hydrogens (tertiary/aromatic N) is 2. The van der Waals surface area contributed by atoms with Crippen LogP contribution in [0.1, 0.15) is 36.6 Å². The largest absolute Gasteiger partial charge is 0.309 e. The molecule has 0 aliphatic carbocycles. The fourth-order valence-corrected chi connectivity index (χ4v) is 10.7. The van der Waals surface area contributed by atoms with Gasteiger partial charge in [0.25, 0.3) is 0 Å². The normalized spacial score (nSPS) is 17.8. The summed E-state index contributed by atoms with van der Waals surface area (Å²) in [6.07, 6.45) is 3.76. The number of fused-ring (bicyclic) bond motifs is 9. The summed E-state index contributed by atoms with van der Waals surface area (Å²) in [4.78, 5) is 0. The van der Waals surface area contributed by atoms with Crippen molar-refractivity contribution in [2.24, 2.45) is 5.92 Å². The second kappa shape index (κ2) is 12.1. The molecule has 7 aromatic carbocycles. The Morgan fingerprint density at radius 2 is 1.19 bits per heavy atom. The van der Waals surface area contributed by atoms with Crippen LogP contribution in [0.2, 0.25) is 0 Å². The van der Waals surface area contributed by atoms with Crippen LogP contribution in [0.3, 0.4) is 0 Å². The summed E-state index contributed by atoms with van der Waals surface area (Å²) in [5.41, 5.74) is 10.3. The third-order valence-corrected chi connectivity index (χ3v) is 13.0. The molecule has 3 aromatic heterocycles. The van der Waals surface area contributed by atoms with E-state index in [0.717, 1.165) is 6.42 Å². The highest BCUT2D eigenvalue weighted by Gasteiger charge is 2.40. The van der Waals surface area contributed by atoms with E-state index in [9.17, 15) is 0 Å². The first-order chi connectivity index (χ1) is 26.3. The van der Waals surface area contributed by atoms with Gasteiger partial charge in [-0.05, 0) is 72.7 Å². The Hall–Kier alpha value is -5.94. The van der Waals surface area contributed by atoms with Gasteiger partial charge in [0.15, 0.2) is 6.17 Å². The number of hydrogen-bond donors (Lipinski definition) is 1. The minimum Gasteiger partial charge on any atom is -0.309 e. The minimum atomic E-state index is 0.129. The van der Waals surface area contributed by atoms with Crippen molar-refractivity contribution < 1.29 is 5.32 Å². The van der Waals surface area contributed by atoms with Crippen LogP contribution in [0.25, 0.3) is 75.2 Å². The van der Waals surface area contributed by atoms with Gasteiger partial charge < -0.3 is 4.57 Å². The fraction of sp³-hybridized carbons (Fsp3) is 0.102. The Morgan fingerprint density at radius 1 is 0.547 bits per heavy atom. The van der Waals surface area contributed by atoms with E-state index >= 15 is 0 Å². The molecule has 10 aromatic rings. The standard InChI is InChI=1S/C49H37N3S/c1-2-33-39(38-24-15-23-37-36-22-11-14-27-47(36)53-48(37)38)29-42(31-16-5-3-6-17-31)50-49(33)52-44-26-13-10-21-35(44)41-28-40-34-20-9-12-25-43(34)51(45(40)30-46(41)52)32-18-7-4-8-19-32/h3-30,33,39,49-50H,2H2,1H3/p+1. The van der Waals surface area contributed by atoms with Crippen molar-refractivity contribution in [1.29, 1.82) is 0 Å². The Kier molecular flexibility index (Phi) is 6.98. The average molecular weight is 701 g/mol. The number of thiophene rings is 1. The highest BCUT2D eigenvalue weighted by atomic mass is 32.1. The molecule has 0 fully saturated rings. The third kappa shape index (κ3) is 4.62. The van der Waals surface area contributed by atoms with Crippen molar-refractivity contribution >= 4 is 80.8 Å². The van der Waals surface area contributed by atoms with E-state index in [4.69, 9.17) is 0 Å². The maximum Gasteiger partial charge on any atom is 0.174 e. The van der Waals surface area contributed by atoms with Gasteiger partial charge in [-0.2, -0.15) is 0 Å². The predicted molar refractivity (Wildman–Crippen MR) is 225 cm³/mol. The van der Waals surface area contributed by atoms with Crippen LogP contribution in [0, 0.1) is 5.92 Å². The molecular weight excluding hydrogens is 663 g/mol. The molecule has 4 heteroatoms. The number of hydrogen-bond acceptors (Lipinski definition) is 1. The second-order valence-electron chi connectivity index (χ2n) is 14.5. The van der Waals surface area contributed by atoms with E-state index in [2.05, 4.69) is 191 Å². The molecule has 1 aliphatic rings. The fourth-order valence-electron chi connectivity index (χ4n) is 9.47. The first kappa shape index (κ1) is 30.7. The lowest BCUT2D eigenvalue weighted by atomic mass is 9.78. The number of rotatable bonds is 5. The Morgan fingerprint density at radius 3 is 1.98 bits per heavy atom. The molecule has 11 rings (SSSR count). The molecule has 3 nitrogen and oxygen atoms in total. The minimum absolute atomic E-state index is 0.129. The zero-order chi connectivity index (χ0) is 35.0. The molecule has 0 saturated heterocycles. The van der Waals surface area contributed by atoms with Crippen LogP contribution in [0.15, 0.2) is 170 Å². The molecule has 0 spiro atoms. The lowest BCUT2D eigenvalue weighted by molar-refractivity contribution is -0.640. The van der Waals surface area contributed by atoms with Crippen LogP contribution in [-0.4, -0.2) is 9.13 Å². The van der Waals surface area contributed by atoms with Gasteiger partial charge in [-0.1, -0.05) is 116 Å². The van der Waals surface area contributed by atoms with E-state index in [0.29, 0.717) is 5.92 Å². The van der Waals surface area contributed by atoms with Crippen LogP contribution in [-0.2, 0) is 0 Å². The summed E-state index contributed by atoms with van der Waals surface area (Å²) >= 11 is 1.95. The summed E-state index contributed by atoms with van der Waals surface area (Å²) in [6.45, 7) is 2.39. The molecule has 0 radical (unpaired) electrons. The van der Waals surface area contributed by atoms with Crippen molar-refractivity contribution in [2.75, 3.05) is 0 Å². The summed E-state index contributed by atoms with van der Waals surface area (Å²) in [7, 11) is 0. The maximum absolute atomic E-state index is 2.69. The highest BCUT2D eigenvalue weighted by molar-refractivity contribution is 7.26. The summed E-state index contributed by atoms with van der Waals surface area (Å²) < 4.78 is 7.92. The topological polar surface area (TPSA) is 26.5 Å². The smallest absolute Gasteiger partial charge is 0.174 e. The van der Waals surface area contributed by atoms with Crippen molar-refractivity contribution in [3.63, 3.8) is 0 Å². The molecule has 4 heterocycles. The van der Waals surface area contributed by atoms with Gasteiger partial charge in [-0.15, -0.1) is 11.3 Å². The van der Waals surface area contributed by atoms with Crippen LogP contribution in [0.5, 0.6) is 0 Å². The van der Waals surface area contributed by atoms with Gasteiger partial charge in [-0.3, -0.25) is 9.88 Å². The average Bonchev–Trinajstić information content (AvgIpc) is 3.87. The molecule has 0 saturated carbocycles. The first-order valence-corrected chi connectivity index (χ1v) is 19.6. The van der Waals surface area contributed by atoms with Crippen molar-refractivity contribution in [2.45, 2.75) is 25.4 Å². The molecule has 254 valence electrons. The molecule has 3 unspecified atom stereocenters. The lowest BCUT2D eigenvalue weighted by Crippen LogP contribution is -2.86. The van der Waals surface area contributed by atoms with Gasteiger partial charge in [-0.25, -0.2) is 0 Å². The van der Waals surface area contributed by atoms with Crippen LogP contribution >= 0.6 is 11.3 Å². The third-order valence-electron chi connectivity index (χ3n) is 11.8. The SMILES string of the molecule is CCC1C(c2cccc3c2sc2ccccc23)C=C(c2ccccc2)[NH2+]C1n1c2ccccc2c2cc3c4ccccc4n(-c4ccccc4)c3cc21. The number of quaternary nitrogens is 1. The zero-order valence-electron chi connectivity index (χ0n) is 29.5. The van der Waals surface area contributed by atoms with Gasteiger partial charge in [0, 0.05) is 64.8 Å². The van der Waals surface area contributed by atoms with Crippen molar-refractivity contribution in [3.8, 4) is 5.69 Å². The van der Waals surface area contributed by atoms with Crippen LogP contribution in [0.4, 0.5) is 0 Å². The van der Waals surface area contributed by atoms with Gasteiger partial charge >= 0.3 is 0 Å². The monoisotopic (exact) mass is 700 g/mol. The van der Waals surface area contributed by atoms with Gasteiger partial charge in [0.1, 0.15) is 5.70 Å². The molecule has 0 bridgehead atoms. The number of benzene rings is 7. The molecule has 3 atom stereocenters. The number of para-hydroxylation sites is 3. The van der Waals surface area contributed by atoms with Gasteiger partial charge in [0.05, 0.1) is 22.1 Å². The maximum atomic E-state index is 2.69. The second-order valence-corrected chi connectivity index (χ2v) is 15.6.